The summed E-state index contributed by atoms with van der Waals surface area (Å²) in [5.74, 6) is -1.11. The molecule has 10 heavy (non-hydrogen) atoms. The van der Waals surface area contributed by atoms with Gasteiger partial charge in [-0.15, -0.1) is 0 Å². The second kappa shape index (κ2) is 3.82. The molecular weight excluding hydrogens is 135 g/mol. The summed E-state index contributed by atoms with van der Waals surface area (Å²) in [6.45, 7) is 7.37. The minimum absolute atomic E-state index is 0.0928. The van der Waals surface area contributed by atoms with Crippen molar-refractivity contribution in [2.45, 2.75) is 6.92 Å². The maximum atomic E-state index is 12.1. The lowest BCUT2D eigenvalue weighted by molar-refractivity contribution is -0.139. The monoisotopic (exact) mass is 144 g/mol. The zero-order valence-corrected chi connectivity index (χ0v) is 5.82. The third-order valence-electron chi connectivity index (χ3n) is 0.833. The van der Waals surface area contributed by atoms with E-state index in [0.29, 0.717) is 0 Å². The fraction of sp³-hybridized carbons (Fsp3) is 0.286. The highest BCUT2D eigenvalue weighted by molar-refractivity contribution is 5.66. The molecule has 0 fully saturated rings. The van der Waals surface area contributed by atoms with E-state index in [1.807, 2.05) is 0 Å². The van der Waals surface area contributed by atoms with Gasteiger partial charge >= 0.3 is 5.97 Å². The molecule has 0 spiro atoms. The summed E-state index contributed by atoms with van der Waals surface area (Å²) < 4.78 is 16.5. The van der Waals surface area contributed by atoms with E-state index in [-0.39, 0.29) is 12.2 Å². The van der Waals surface area contributed by atoms with Crippen molar-refractivity contribution in [1.29, 1.82) is 0 Å². The maximum absolute atomic E-state index is 12.1. The Morgan fingerprint density at radius 3 is 2.40 bits per heavy atom. The van der Waals surface area contributed by atoms with Gasteiger partial charge in [0.1, 0.15) is 12.4 Å². The summed E-state index contributed by atoms with van der Waals surface area (Å²) in [6.07, 6.45) is 0. The Labute approximate surface area is 59.0 Å². The minimum Gasteiger partial charge on any atom is -0.461 e. The summed E-state index contributed by atoms with van der Waals surface area (Å²) in [6, 6.07) is 0. The van der Waals surface area contributed by atoms with E-state index in [4.69, 9.17) is 0 Å². The third kappa shape index (κ3) is 3.83. The first-order chi connectivity index (χ1) is 4.54. The normalized spacial score (nSPS) is 8.60. The number of carbonyl (C=O) groups excluding carboxylic acids is 1. The van der Waals surface area contributed by atoms with Crippen LogP contribution in [0.3, 0.4) is 0 Å². The second-order valence-electron chi connectivity index (χ2n) is 1.79. The smallest absolute Gasteiger partial charge is 0.302 e. The molecule has 0 bridgehead atoms. The van der Waals surface area contributed by atoms with Crippen molar-refractivity contribution in [2.24, 2.45) is 0 Å². The Morgan fingerprint density at radius 2 is 2.10 bits per heavy atom. The maximum Gasteiger partial charge on any atom is 0.302 e. The molecule has 0 rings (SSSR count). The van der Waals surface area contributed by atoms with Gasteiger partial charge in [-0.05, 0) is 0 Å². The predicted octanol–water partition coefficient (Wildman–Crippen LogP) is 1.59. The van der Waals surface area contributed by atoms with Crippen LogP contribution in [0.4, 0.5) is 4.39 Å². The van der Waals surface area contributed by atoms with Crippen LogP contribution in [0.25, 0.3) is 0 Å². The lowest BCUT2D eigenvalue weighted by atomic mass is 10.3. The van der Waals surface area contributed by atoms with Crippen LogP contribution < -0.4 is 0 Å². The van der Waals surface area contributed by atoms with Gasteiger partial charge in [-0.1, -0.05) is 13.2 Å². The summed E-state index contributed by atoms with van der Waals surface area (Å²) in [5.41, 5.74) is 0.0928. The van der Waals surface area contributed by atoms with Crippen molar-refractivity contribution < 1.29 is 13.9 Å². The van der Waals surface area contributed by atoms with E-state index in [9.17, 15) is 9.18 Å². The van der Waals surface area contributed by atoms with Crippen molar-refractivity contribution in [3.8, 4) is 0 Å². The van der Waals surface area contributed by atoms with Gasteiger partial charge in [0.05, 0.1) is 0 Å². The average Bonchev–Trinajstić information content (AvgIpc) is 1.82. The lowest BCUT2D eigenvalue weighted by Crippen LogP contribution is -2.02. The molecule has 0 saturated carbocycles. The van der Waals surface area contributed by atoms with Gasteiger partial charge in [0.2, 0.25) is 0 Å². The molecule has 0 unspecified atom stereocenters. The van der Waals surface area contributed by atoms with Gasteiger partial charge in [0.15, 0.2) is 0 Å². The van der Waals surface area contributed by atoms with E-state index in [1.165, 1.54) is 6.92 Å². The van der Waals surface area contributed by atoms with Crippen LogP contribution in [0.15, 0.2) is 24.6 Å². The highest BCUT2D eigenvalue weighted by Gasteiger charge is 1.99. The fourth-order valence-electron chi connectivity index (χ4n) is 0.267. The highest BCUT2D eigenvalue weighted by atomic mass is 19.1. The second-order valence-corrected chi connectivity index (χ2v) is 1.79. The van der Waals surface area contributed by atoms with E-state index in [1.54, 1.807) is 0 Å². The van der Waals surface area contributed by atoms with Crippen molar-refractivity contribution in [3.05, 3.63) is 24.6 Å². The van der Waals surface area contributed by atoms with Crippen LogP contribution in [0.1, 0.15) is 6.92 Å². The molecule has 2 nitrogen and oxygen atoms in total. The van der Waals surface area contributed by atoms with Gasteiger partial charge in [-0.25, -0.2) is 4.39 Å². The summed E-state index contributed by atoms with van der Waals surface area (Å²) in [4.78, 5) is 10.2. The zero-order valence-electron chi connectivity index (χ0n) is 5.82. The molecule has 56 valence electrons. The summed E-state index contributed by atoms with van der Waals surface area (Å²) >= 11 is 0. The van der Waals surface area contributed by atoms with E-state index < -0.39 is 11.8 Å². The first kappa shape index (κ1) is 8.88. The Bertz CT molecular complexity index is 172. The lowest BCUT2D eigenvalue weighted by Gasteiger charge is -2.00. The Morgan fingerprint density at radius 1 is 1.60 bits per heavy atom. The van der Waals surface area contributed by atoms with E-state index in [0.717, 1.165) is 0 Å². The molecule has 0 aliphatic carbocycles. The van der Waals surface area contributed by atoms with Crippen LogP contribution >= 0.6 is 0 Å². The molecule has 0 aliphatic rings. The standard InChI is InChI=1S/C7H9FO2/c1-5(6(2)8)4-10-7(3)9/h1-2,4H2,3H3. The Kier molecular flexibility index (Phi) is 3.39. The van der Waals surface area contributed by atoms with Crippen LogP contribution in [-0.4, -0.2) is 12.6 Å². The predicted molar refractivity (Wildman–Crippen MR) is 36.0 cm³/mol. The summed E-state index contributed by atoms with van der Waals surface area (Å²) in [7, 11) is 0. The number of esters is 1. The van der Waals surface area contributed by atoms with Gasteiger partial charge in [0.25, 0.3) is 0 Å². The Balaban J connectivity index is 3.60. The van der Waals surface area contributed by atoms with Crippen LogP contribution in [0, 0.1) is 0 Å². The first-order valence-corrected chi connectivity index (χ1v) is 2.70. The van der Waals surface area contributed by atoms with E-state index in [2.05, 4.69) is 17.9 Å². The summed E-state index contributed by atoms with van der Waals surface area (Å²) in [5, 5.41) is 0. The number of ether oxygens (including phenoxy) is 1. The van der Waals surface area contributed by atoms with Crippen molar-refractivity contribution >= 4 is 5.97 Å². The quantitative estimate of drug-likeness (QED) is 0.444. The first-order valence-electron chi connectivity index (χ1n) is 2.70. The number of hydrogen-bond donors (Lipinski definition) is 0. The molecular formula is C7H9FO2. The van der Waals surface area contributed by atoms with Crippen molar-refractivity contribution in [3.63, 3.8) is 0 Å². The van der Waals surface area contributed by atoms with Crippen LogP contribution in [0.5, 0.6) is 0 Å². The van der Waals surface area contributed by atoms with Crippen molar-refractivity contribution in [2.75, 3.05) is 6.61 Å². The van der Waals surface area contributed by atoms with Gasteiger partial charge in [-0.3, -0.25) is 4.79 Å². The largest absolute Gasteiger partial charge is 0.461 e. The molecule has 0 radical (unpaired) electrons. The number of rotatable bonds is 3. The molecule has 3 heteroatoms. The molecule has 0 atom stereocenters. The van der Waals surface area contributed by atoms with Gasteiger partial charge in [0, 0.05) is 12.5 Å². The molecule has 0 amide bonds. The number of carbonyl (C=O) groups is 1. The molecule has 0 heterocycles. The molecule has 0 aromatic carbocycles. The van der Waals surface area contributed by atoms with E-state index >= 15 is 0 Å². The SMILES string of the molecule is C=C(F)C(=C)COC(C)=O. The van der Waals surface area contributed by atoms with Crippen LogP contribution in [-0.2, 0) is 9.53 Å². The number of halogens is 1. The fourth-order valence-corrected chi connectivity index (χ4v) is 0.267. The van der Waals surface area contributed by atoms with Crippen molar-refractivity contribution in [1.82, 2.24) is 0 Å². The molecule has 0 aromatic rings. The highest BCUT2D eigenvalue weighted by Crippen LogP contribution is 2.05. The third-order valence-corrected chi connectivity index (χ3v) is 0.833. The van der Waals surface area contributed by atoms with Gasteiger partial charge < -0.3 is 4.74 Å². The molecule has 0 saturated heterocycles. The molecule has 0 aromatic heterocycles. The van der Waals surface area contributed by atoms with Gasteiger partial charge in [-0.2, -0.15) is 0 Å². The minimum atomic E-state index is -0.652. The molecule has 0 N–H and O–H groups in total. The number of hydrogen-bond acceptors (Lipinski definition) is 2. The Hall–Kier alpha value is -1.12. The topological polar surface area (TPSA) is 26.3 Å². The average molecular weight is 144 g/mol. The molecule has 0 aliphatic heterocycles. The zero-order chi connectivity index (χ0) is 8.15. The van der Waals surface area contributed by atoms with Crippen LogP contribution in [0.2, 0.25) is 0 Å².